The van der Waals surface area contributed by atoms with E-state index in [4.69, 9.17) is 0 Å². The fourth-order valence-corrected chi connectivity index (χ4v) is 3.50. The zero-order valence-electron chi connectivity index (χ0n) is 14.1. The molecule has 1 aliphatic heterocycles. The summed E-state index contributed by atoms with van der Waals surface area (Å²) in [7, 11) is 0. The average molecular weight is 328 g/mol. The Labute approximate surface area is 147 Å². The number of anilines is 1. The number of benzene rings is 3. The van der Waals surface area contributed by atoms with Crippen LogP contribution in [-0.2, 0) is 6.54 Å². The minimum absolute atomic E-state index is 0.0359. The minimum Gasteiger partial charge on any atom is -0.333 e. The third kappa shape index (κ3) is 2.78. The molecule has 0 aromatic heterocycles. The lowest BCUT2D eigenvalue weighted by Gasteiger charge is -2.36. The summed E-state index contributed by atoms with van der Waals surface area (Å²) in [4.78, 5) is 14.5. The van der Waals surface area contributed by atoms with Crippen LogP contribution in [0.15, 0.2) is 78.9 Å². The number of urea groups is 1. The van der Waals surface area contributed by atoms with Crippen LogP contribution < -0.4 is 10.2 Å². The third-order valence-corrected chi connectivity index (χ3v) is 4.80. The smallest absolute Gasteiger partial charge is 0.322 e. The van der Waals surface area contributed by atoms with Gasteiger partial charge in [0.2, 0.25) is 0 Å². The lowest BCUT2D eigenvalue weighted by molar-refractivity contribution is 0.242. The number of amides is 2. The number of nitrogens with zero attached hydrogens (tertiary/aromatic N) is 1. The van der Waals surface area contributed by atoms with Gasteiger partial charge in [0, 0.05) is 12.1 Å². The van der Waals surface area contributed by atoms with Crippen LogP contribution in [0.4, 0.5) is 10.5 Å². The Bertz CT molecular complexity index is 890. The van der Waals surface area contributed by atoms with Crippen LogP contribution >= 0.6 is 0 Å². The normalized spacial score (nSPS) is 14.6. The van der Waals surface area contributed by atoms with Gasteiger partial charge in [-0.05, 0) is 29.7 Å². The van der Waals surface area contributed by atoms with Gasteiger partial charge >= 0.3 is 6.03 Å². The van der Waals surface area contributed by atoms with Gasteiger partial charge in [-0.2, -0.15) is 0 Å². The van der Waals surface area contributed by atoms with E-state index in [1.807, 2.05) is 53.4 Å². The van der Waals surface area contributed by atoms with Crippen molar-refractivity contribution in [3.63, 3.8) is 0 Å². The van der Waals surface area contributed by atoms with Gasteiger partial charge in [-0.15, -0.1) is 0 Å². The number of hydrogen-bond acceptors (Lipinski definition) is 1. The van der Waals surface area contributed by atoms with Crippen molar-refractivity contribution in [2.24, 2.45) is 0 Å². The summed E-state index contributed by atoms with van der Waals surface area (Å²) in [5.41, 5.74) is 5.61. The summed E-state index contributed by atoms with van der Waals surface area (Å²) in [5.74, 6) is 0. The molecule has 0 saturated carbocycles. The van der Waals surface area contributed by atoms with Gasteiger partial charge in [-0.1, -0.05) is 72.8 Å². The monoisotopic (exact) mass is 328 g/mol. The second-order valence-electron chi connectivity index (χ2n) is 6.28. The Morgan fingerprint density at radius 3 is 2.28 bits per heavy atom. The molecular weight excluding hydrogens is 308 g/mol. The molecule has 4 rings (SSSR count). The molecular formula is C22H20N2O. The van der Waals surface area contributed by atoms with Gasteiger partial charge in [0.25, 0.3) is 0 Å². The van der Waals surface area contributed by atoms with E-state index in [-0.39, 0.29) is 12.1 Å². The molecule has 3 aromatic rings. The first-order chi connectivity index (χ1) is 12.3. The molecule has 3 nitrogen and oxygen atoms in total. The fraction of sp³-hybridized carbons (Fsp3) is 0.136. The molecule has 0 saturated heterocycles. The molecule has 124 valence electrons. The van der Waals surface area contributed by atoms with Crippen molar-refractivity contribution in [2.45, 2.75) is 19.5 Å². The zero-order valence-corrected chi connectivity index (χ0v) is 14.1. The zero-order chi connectivity index (χ0) is 17.2. The lowest BCUT2D eigenvalue weighted by atomic mass is 9.95. The Balaban J connectivity index is 1.81. The molecule has 2 amide bonds. The Hall–Kier alpha value is -3.07. The molecule has 3 aromatic carbocycles. The summed E-state index contributed by atoms with van der Waals surface area (Å²) < 4.78 is 0. The predicted molar refractivity (Wildman–Crippen MR) is 101 cm³/mol. The molecule has 0 aliphatic carbocycles. The van der Waals surface area contributed by atoms with Gasteiger partial charge in [-0.25, -0.2) is 4.79 Å². The maximum absolute atomic E-state index is 12.6. The van der Waals surface area contributed by atoms with Crippen LogP contribution in [0.25, 0.3) is 11.1 Å². The van der Waals surface area contributed by atoms with Crippen LogP contribution in [0, 0.1) is 0 Å². The fourth-order valence-electron chi connectivity index (χ4n) is 3.50. The van der Waals surface area contributed by atoms with Gasteiger partial charge < -0.3 is 5.32 Å². The van der Waals surface area contributed by atoms with Crippen molar-refractivity contribution in [1.29, 1.82) is 0 Å². The Kier molecular flexibility index (Phi) is 3.98. The van der Waals surface area contributed by atoms with E-state index in [1.54, 1.807) is 0 Å². The van der Waals surface area contributed by atoms with Crippen molar-refractivity contribution in [3.8, 4) is 11.1 Å². The van der Waals surface area contributed by atoms with Gasteiger partial charge in [0.1, 0.15) is 0 Å². The first kappa shape index (κ1) is 15.5. The summed E-state index contributed by atoms with van der Waals surface area (Å²) in [5, 5.41) is 3.04. The third-order valence-electron chi connectivity index (χ3n) is 4.80. The number of rotatable bonds is 3. The number of fused-ring (bicyclic) bond motifs is 1. The van der Waals surface area contributed by atoms with Gasteiger partial charge in [0.15, 0.2) is 0 Å². The second-order valence-corrected chi connectivity index (χ2v) is 6.28. The van der Waals surface area contributed by atoms with E-state index in [2.05, 4.69) is 42.6 Å². The number of nitrogens with one attached hydrogen (secondary N) is 1. The van der Waals surface area contributed by atoms with E-state index in [1.165, 1.54) is 11.1 Å². The molecule has 1 heterocycles. The maximum atomic E-state index is 12.6. The topological polar surface area (TPSA) is 32.3 Å². The van der Waals surface area contributed by atoms with E-state index in [0.717, 1.165) is 16.8 Å². The SMILES string of the molecule is C[C@H](c1ccccc1)N1C(=O)NCc2c(-c3ccccc3)cccc21. The quantitative estimate of drug-likeness (QED) is 0.709. The van der Waals surface area contributed by atoms with E-state index in [9.17, 15) is 4.79 Å². The van der Waals surface area contributed by atoms with Crippen LogP contribution in [0.1, 0.15) is 24.1 Å². The molecule has 0 spiro atoms. The molecule has 0 unspecified atom stereocenters. The molecule has 0 fully saturated rings. The molecule has 0 bridgehead atoms. The molecule has 25 heavy (non-hydrogen) atoms. The lowest BCUT2D eigenvalue weighted by Crippen LogP contribution is -2.45. The van der Waals surface area contributed by atoms with Crippen molar-refractivity contribution in [2.75, 3.05) is 4.90 Å². The Morgan fingerprint density at radius 2 is 1.56 bits per heavy atom. The second kappa shape index (κ2) is 6.44. The predicted octanol–water partition coefficient (Wildman–Crippen LogP) is 5.14. The van der Waals surface area contributed by atoms with Crippen molar-refractivity contribution in [3.05, 3.63) is 90.0 Å². The molecule has 1 atom stereocenters. The average Bonchev–Trinajstić information content (AvgIpc) is 2.68. The first-order valence-corrected chi connectivity index (χ1v) is 8.55. The molecule has 1 N–H and O–H groups in total. The largest absolute Gasteiger partial charge is 0.333 e. The van der Waals surface area contributed by atoms with Crippen LogP contribution in [0.5, 0.6) is 0 Å². The summed E-state index contributed by atoms with van der Waals surface area (Å²) >= 11 is 0. The van der Waals surface area contributed by atoms with E-state index in [0.29, 0.717) is 6.54 Å². The number of hydrogen-bond donors (Lipinski definition) is 1. The summed E-state index contributed by atoms with van der Waals surface area (Å²) in [6.45, 7) is 2.62. The highest BCUT2D eigenvalue weighted by atomic mass is 16.2. The van der Waals surface area contributed by atoms with Crippen LogP contribution in [0.2, 0.25) is 0 Å². The standard InChI is InChI=1S/C22H20N2O/c1-16(17-9-4-2-5-10-17)24-21-14-8-13-19(18-11-6-3-7-12-18)20(21)15-23-22(24)25/h2-14,16H,15H2,1H3,(H,23,25)/t16-/m1/s1. The summed E-state index contributed by atoms with van der Waals surface area (Å²) in [6.07, 6.45) is 0. The van der Waals surface area contributed by atoms with Gasteiger partial charge in [-0.3, -0.25) is 4.90 Å². The molecule has 1 aliphatic rings. The first-order valence-electron chi connectivity index (χ1n) is 8.55. The van der Waals surface area contributed by atoms with Gasteiger partial charge in [0.05, 0.1) is 11.7 Å². The van der Waals surface area contributed by atoms with Crippen LogP contribution in [0.3, 0.4) is 0 Å². The highest BCUT2D eigenvalue weighted by Crippen LogP contribution is 2.37. The van der Waals surface area contributed by atoms with Crippen molar-refractivity contribution < 1.29 is 4.79 Å². The Morgan fingerprint density at radius 1 is 0.880 bits per heavy atom. The van der Waals surface area contributed by atoms with Crippen molar-refractivity contribution in [1.82, 2.24) is 5.32 Å². The van der Waals surface area contributed by atoms with Crippen LogP contribution in [-0.4, -0.2) is 6.03 Å². The molecule has 3 heteroatoms. The van der Waals surface area contributed by atoms with Crippen molar-refractivity contribution >= 4 is 11.7 Å². The molecule has 0 radical (unpaired) electrons. The maximum Gasteiger partial charge on any atom is 0.322 e. The highest BCUT2D eigenvalue weighted by Gasteiger charge is 2.30. The van der Waals surface area contributed by atoms with E-state index < -0.39 is 0 Å². The minimum atomic E-state index is -0.0472. The number of carbonyl (C=O) groups is 1. The summed E-state index contributed by atoms with van der Waals surface area (Å²) in [6, 6.07) is 26.6. The highest BCUT2D eigenvalue weighted by molar-refractivity contribution is 5.97. The number of carbonyl (C=O) groups excluding carboxylic acids is 1. The van der Waals surface area contributed by atoms with E-state index >= 15 is 0 Å².